The molecule has 0 heterocycles. The SMILES string of the molecule is N#Cc1cccc([N]C=O)c1. The van der Waals surface area contributed by atoms with Gasteiger partial charge >= 0.3 is 0 Å². The molecule has 1 aromatic rings. The highest BCUT2D eigenvalue weighted by atomic mass is 16.1. The van der Waals surface area contributed by atoms with Crippen LogP contribution in [0.5, 0.6) is 0 Å². The lowest BCUT2D eigenvalue weighted by Crippen LogP contribution is -1.91. The van der Waals surface area contributed by atoms with Crippen LogP contribution in [0.1, 0.15) is 5.56 Å². The Morgan fingerprint density at radius 3 is 3.00 bits per heavy atom. The molecule has 0 N–H and O–H groups in total. The monoisotopic (exact) mass is 145 g/mol. The fraction of sp³-hybridized carbons (Fsp3) is 0. The Balaban J connectivity index is 2.93. The van der Waals surface area contributed by atoms with E-state index in [4.69, 9.17) is 5.26 Å². The molecule has 0 atom stereocenters. The van der Waals surface area contributed by atoms with E-state index in [1.807, 2.05) is 6.07 Å². The molecule has 3 heteroatoms. The third-order valence-corrected chi connectivity index (χ3v) is 1.18. The Hall–Kier alpha value is -1.82. The van der Waals surface area contributed by atoms with Gasteiger partial charge in [0.1, 0.15) is 0 Å². The molecule has 0 saturated heterocycles. The van der Waals surface area contributed by atoms with Crippen molar-refractivity contribution in [1.29, 1.82) is 5.26 Å². The molecule has 0 saturated carbocycles. The molecular weight excluding hydrogens is 140 g/mol. The predicted molar refractivity (Wildman–Crippen MR) is 39.0 cm³/mol. The van der Waals surface area contributed by atoms with Crippen LogP contribution >= 0.6 is 0 Å². The first-order valence-electron chi connectivity index (χ1n) is 3.01. The van der Waals surface area contributed by atoms with Crippen LogP contribution < -0.4 is 5.32 Å². The van der Waals surface area contributed by atoms with Gasteiger partial charge in [-0.3, -0.25) is 4.79 Å². The van der Waals surface area contributed by atoms with Crippen LogP contribution in [0.3, 0.4) is 0 Å². The zero-order valence-corrected chi connectivity index (χ0v) is 5.69. The minimum Gasteiger partial charge on any atom is -0.276 e. The van der Waals surface area contributed by atoms with E-state index in [-0.39, 0.29) is 0 Å². The highest BCUT2D eigenvalue weighted by Gasteiger charge is 1.92. The third kappa shape index (κ3) is 1.80. The molecule has 0 fully saturated rings. The largest absolute Gasteiger partial charge is 0.276 e. The minimum absolute atomic E-state index is 0.455. The maximum Gasteiger partial charge on any atom is 0.233 e. The molecule has 53 valence electrons. The van der Waals surface area contributed by atoms with Crippen molar-refractivity contribution in [3.05, 3.63) is 29.8 Å². The van der Waals surface area contributed by atoms with Gasteiger partial charge in [0.15, 0.2) is 0 Å². The molecule has 0 unspecified atom stereocenters. The van der Waals surface area contributed by atoms with Crippen molar-refractivity contribution in [2.24, 2.45) is 0 Å². The van der Waals surface area contributed by atoms with E-state index < -0.39 is 0 Å². The molecule has 1 amide bonds. The first-order valence-corrected chi connectivity index (χ1v) is 3.01. The van der Waals surface area contributed by atoms with Gasteiger partial charge in [-0.15, -0.1) is 0 Å². The van der Waals surface area contributed by atoms with Crippen molar-refractivity contribution >= 4 is 12.1 Å². The minimum atomic E-state index is 0.455. The number of benzene rings is 1. The molecule has 0 aliphatic rings. The number of carbonyl (C=O) groups is 1. The second-order valence-corrected chi connectivity index (χ2v) is 1.90. The van der Waals surface area contributed by atoms with Gasteiger partial charge < -0.3 is 0 Å². The Kier molecular flexibility index (Phi) is 2.24. The molecule has 0 bridgehead atoms. The van der Waals surface area contributed by atoms with Crippen molar-refractivity contribution < 1.29 is 4.79 Å². The van der Waals surface area contributed by atoms with Gasteiger partial charge in [0.2, 0.25) is 6.41 Å². The van der Waals surface area contributed by atoms with Gasteiger partial charge in [0.25, 0.3) is 0 Å². The number of nitrogens with zero attached hydrogens (tertiary/aromatic N) is 2. The summed E-state index contributed by atoms with van der Waals surface area (Å²) in [6.45, 7) is 0. The summed E-state index contributed by atoms with van der Waals surface area (Å²) in [4.78, 5) is 9.92. The second-order valence-electron chi connectivity index (χ2n) is 1.90. The van der Waals surface area contributed by atoms with E-state index >= 15 is 0 Å². The van der Waals surface area contributed by atoms with Gasteiger partial charge in [0.05, 0.1) is 17.3 Å². The van der Waals surface area contributed by atoms with E-state index in [0.29, 0.717) is 17.7 Å². The summed E-state index contributed by atoms with van der Waals surface area (Å²) in [5.74, 6) is 0. The summed E-state index contributed by atoms with van der Waals surface area (Å²) < 4.78 is 0. The van der Waals surface area contributed by atoms with Crippen LogP contribution in [0, 0.1) is 11.3 Å². The Morgan fingerprint density at radius 1 is 1.55 bits per heavy atom. The number of hydrogen-bond donors (Lipinski definition) is 0. The number of amides is 1. The van der Waals surface area contributed by atoms with Crippen molar-refractivity contribution in [2.75, 3.05) is 0 Å². The Labute approximate surface area is 64.3 Å². The standard InChI is InChI=1S/C8H5N2O/c9-5-7-2-1-3-8(4-7)10-6-11/h1-4,6H. The first kappa shape index (κ1) is 7.29. The topological polar surface area (TPSA) is 55.0 Å². The molecule has 11 heavy (non-hydrogen) atoms. The zero-order chi connectivity index (χ0) is 8.10. The Morgan fingerprint density at radius 2 is 2.36 bits per heavy atom. The van der Waals surface area contributed by atoms with Crippen LogP contribution in [-0.2, 0) is 4.79 Å². The highest BCUT2D eigenvalue weighted by molar-refractivity contribution is 5.59. The summed E-state index contributed by atoms with van der Waals surface area (Å²) in [7, 11) is 0. The molecule has 3 nitrogen and oxygen atoms in total. The van der Waals surface area contributed by atoms with Gasteiger partial charge in [-0.05, 0) is 18.2 Å². The lowest BCUT2D eigenvalue weighted by Gasteiger charge is -1.93. The average molecular weight is 145 g/mol. The van der Waals surface area contributed by atoms with Crippen LogP contribution in [0.15, 0.2) is 24.3 Å². The van der Waals surface area contributed by atoms with Crippen LogP contribution in [0.25, 0.3) is 0 Å². The molecule has 0 aliphatic carbocycles. The summed E-state index contributed by atoms with van der Waals surface area (Å²) in [5.41, 5.74) is 1.02. The zero-order valence-electron chi connectivity index (χ0n) is 5.69. The molecule has 1 rings (SSSR count). The number of nitriles is 1. The molecule has 1 aromatic carbocycles. The highest BCUT2D eigenvalue weighted by Crippen LogP contribution is 2.08. The molecule has 0 spiro atoms. The summed E-state index contributed by atoms with van der Waals surface area (Å²) in [6, 6.07) is 8.50. The Bertz CT molecular complexity index is 301. The van der Waals surface area contributed by atoms with Crippen LogP contribution in [0.2, 0.25) is 0 Å². The second kappa shape index (κ2) is 3.37. The smallest absolute Gasteiger partial charge is 0.233 e. The van der Waals surface area contributed by atoms with Crippen molar-refractivity contribution in [3.8, 4) is 6.07 Å². The van der Waals surface area contributed by atoms with Gasteiger partial charge in [-0.1, -0.05) is 6.07 Å². The third-order valence-electron chi connectivity index (χ3n) is 1.18. The lowest BCUT2D eigenvalue weighted by molar-refractivity contribution is -0.108. The van der Waals surface area contributed by atoms with E-state index in [1.165, 1.54) is 0 Å². The fourth-order valence-electron chi connectivity index (χ4n) is 0.717. The van der Waals surface area contributed by atoms with Gasteiger partial charge in [-0.2, -0.15) is 5.26 Å². The maximum absolute atomic E-state index is 9.92. The van der Waals surface area contributed by atoms with Crippen LogP contribution in [0.4, 0.5) is 5.69 Å². The molecule has 0 aromatic heterocycles. The van der Waals surface area contributed by atoms with Gasteiger partial charge in [-0.25, -0.2) is 5.32 Å². The summed E-state index contributed by atoms with van der Waals surface area (Å²) in [5, 5.41) is 11.9. The number of hydrogen-bond acceptors (Lipinski definition) is 2. The molecule has 1 radical (unpaired) electrons. The first-order chi connectivity index (χ1) is 5.36. The van der Waals surface area contributed by atoms with Crippen molar-refractivity contribution in [3.63, 3.8) is 0 Å². The van der Waals surface area contributed by atoms with E-state index in [2.05, 4.69) is 5.32 Å². The van der Waals surface area contributed by atoms with Gasteiger partial charge in [0, 0.05) is 0 Å². The van der Waals surface area contributed by atoms with Crippen molar-refractivity contribution in [2.45, 2.75) is 0 Å². The van der Waals surface area contributed by atoms with Crippen molar-refractivity contribution in [1.82, 2.24) is 5.32 Å². The normalized spacial score (nSPS) is 8.27. The van der Waals surface area contributed by atoms with E-state index in [0.717, 1.165) is 0 Å². The number of carbonyl (C=O) groups excluding carboxylic acids is 1. The predicted octanol–water partition coefficient (Wildman–Crippen LogP) is 0.951. The summed E-state index contributed by atoms with van der Waals surface area (Å²) >= 11 is 0. The van der Waals surface area contributed by atoms with Crippen LogP contribution in [-0.4, -0.2) is 6.41 Å². The molecular formula is C8H5N2O. The number of rotatable bonds is 2. The molecule has 0 aliphatic heterocycles. The average Bonchev–Trinajstić information content (AvgIpc) is 2.06. The maximum atomic E-state index is 9.92. The van der Waals surface area contributed by atoms with E-state index in [9.17, 15) is 4.79 Å². The van der Waals surface area contributed by atoms with E-state index in [1.54, 1.807) is 24.3 Å². The quantitative estimate of drug-likeness (QED) is 0.582. The lowest BCUT2D eigenvalue weighted by atomic mass is 10.2. The fourth-order valence-corrected chi connectivity index (χ4v) is 0.717. The summed E-state index contributed by atoms with van der Waals surface area (Å²) in [6.07, 6.45) is 0.455.